The van der Waals surface area contributed by atoms with E-state index in [1.54, 1.807) is 6.07 Å². The lowest BCUT2D eigenvalue weighted by atomic mass is 10.0. The Bertz CT molecular complexity index is 1210. The van der Waals surface area contributed by atoms with Crippen LogP contribution in [0.4, 0.5) is 5.69 Å². The molecule has 1 aliphatic rings. The number of anilines is 1. The number of hydrogen-bond acceptors (Lipinski definition) is 3. The van der Waals surface area contributed by atoms with E-state index in [1.165, 1.54) is 4.90 Å². The van der Waals surface area contributed by atoms with Crippen molar-refractivity contribution in [3.63, 3.8) is 0 Å². The molecule has 0 saturated carbocycles. The zero-order valence-corrected chi connectivity index (χ0v) is 18.5. The molecule has 1 aliphatic heterocycles. The van der Waals surface area contributed by atoms with Gasteiger partial charge in [-0.05, 0) is 55.2 Å². The summed E-state index contributed by atoms with van der Waals surface area (Å²) in [5, 5.41) is 3.78. The highest BCUT2D eigenvalue weighted by molar-refractivity contribution is 6.36. The number of hydrogen-bond donors (Lipinski definition) is 1. The SMILES string of the molecule is Cc1ccc(C2=C(Nc3cc(C)ccc3C)C(=O)N(Cc3ccccc3Cl)C2=O)cc1. The molecule has 3 aromatic carbocycles. The highest BCUT2D eigenvalue weighted by atomic mass is 35.5. The first-order valence-corrected chi connectivity index (χ1v) is 10.5. The van der Waals surface area contributed by atoms with Crippen LogP contribution in [-0.4, -0.2) is 16.7 Å². The maximum Gasteiger partial charge on any atom is 0.278 e. The molecular formula is C26H23ClN2O2. The summed E-state index contributed by atoms with van der Waals surface area (Å²) in [7, 11) is 0. The van der Waals surface area contributed by atoms with Gasteiger partial charge in [0.2, 0.25) is 0 Å². The van der Waals surface area contributed by atoms with Crippen LogP contribution in [0.2, 0.25) is 5.02 Å². The Morgan fingerprint density at radius 2 is 1.52 bits per heavy atom. The van der Waals surface area contributed by atoms with Gasteiger partial charge in [0.15, 0.2) is 0 Å². The quantitative estimate of drug-likeness (QED) is 0.531. The van der Waals surface area contributed by atoms with Gasteiger partial charge in [-0.15, -0.1) is 0 Å². The second kappa shape index (κ2) is 8.40. The average molecular weight is 431 g/mol. The fourth-order valence-corrected chi connectivity index (χ4v) is 3.82. The summed E-state index contributed by atoms with van der Waals surface area (Å²) in [5.41, 5.74) is 6.04. The summed E-state index contributed by atoms with van der Waals surface area (Å²) >= 11 is 6.29. The lowest BCUT2D eigenvalue weighted by Crippen LogP contribution is -2.32. The maximum atomic E-state index is 13.4. The molecule has 1 N–H and O–H groups in total. The van der Waals surface area contributed by atoms with Crippen LogP contribution in [0.15, 0.2) is 72.4 Å². The number of aryl methyl sites for hydroxylation is 3. The Hall–Kier alpha value is -3.37. The third-order valence-corrected chi connectivity index (χ3v) is 5.82. The molecule has 156 valence electrons. The minimum Gasteiger partial charge on any atom is -0.350 e. The van der Waals surface area contributed by atoms with Crippen LogP contribution < -0.4 is 5.32 Å². The number of rotatable bonds is 5. The molecule has 0 saturated heterocycles. The van der Waals surface area contributed by atoms with Gasteiger partial charge in [-0.25, -0.2) is 0 Å². The molecule has 0 unspecified atom stereocenters. The van der Waals surface area contributed by atoms with Crippen molar-refractivity contribution in [1.82, 2.24) is 4.90 Å². The summed E-state index contributed by atoms with van der Waals surface area (Å²) in [6, 6.07) is 20.9. The van der Waals surface area contributed by atoms with E-state index in [0.717, 1.165) is 27.9 Å². The molecule has 0 spiro atoms. The number of carbonyl (C=O) groups excluding carboxylic acids is 2. The summed E-state index contributed by atoms with van der Waals surface area (Å²) in [6.07, 6.45) is 0. The van der Waals surface area contributed by atoms with Crippen LogP contribution in [0.3, 0.4) is 0 Å². The molecule has 0 aliphatic carbocycles. The minimum absolute atomic E-state index is 0.116. The van der Waals surface area contributed by atoms with Crippen molar-refractivity contribution in [2.24, 2.45) is 0 Å². The van der Waals surface area contributed by atoms with E-state index >= 15 is 0 Å². The van der Waals surface area contributed by atoms with Gasteiger partial charge < -0.3 is 5.32 Å². The largest absolute Gasteiger partial charge is 0.350 e. The predicted octanol–water partition coefficient (Wildman–Crippen LogP) is 5.66. The number of benzene rings is 3. The van der Waals surface area contributed by atoms with E-state index in [9.17, 15) is 9.59 Å². The van der Waals surface area contributed by atoms with Gasteiger partial charge in [0, 0.05) is 10.7 Å². The van der Waals surface area contributed by atoms with Crippen molar-refractivity contribution in [3.05, 3.63) is 105 Å². The van der Waals surface area contributed by atoms with Crippen LogP contribution in [-0.2, 0) is 16.1 Å². The average Bonchev–Trinajstić information content (AvgIpc) is 2.97. The first-order valence-electron chi connectivity index (χ1n) is 10.1. The minimum atomic E-state index is -0.360. The number of nitrogens with one attached hydrogen (secondary N) is 1. The Morgan fingerprint density at radius 1 is 0.839 bits per heavy atom. The zero-order valence-electron chi connectivity index (χ0n) is 17.7. The van der Waals surface area contributed by atoms with Crippen molar-refractivity contribution in [3.8, 4) is 0 Å². The van der Waals surface area contributed by atoms with Crippen molar-refractivity contribution in [1.29, 1.82) is 0 Å². The van der Waals surface area contributed by atoms with Crippen LogP contribution >= 0.6 is 11.6 Å². The maximum absolute atomic E-state index is 13.4. The Labute approximate surface area is 187 Å². The topological polar surface area (TPSA) is 49.4 Å². The molecule has 1 heterocycles. The van der Waals surface area contributed by atoms with Crippen molar-refractivity contribution < 1.29 is 9.59 Å². The Morgan fingerprint density at radius 3 is 2.23 bits per heavy atom. The lowest BCUT2D eigenvalue weighted by Gasteiger charge is -2.16. The predicted molar refractivity (Wildman–Crippen MR) is 125 cm³/mol. The molecular weight excluding hydrogens is 408 g/mol. The van der Waals surface area contributed by atoms with Gasteiger partial charge in [-0.1, -0.05) is 71.8 Å². The molecule has 2 amide bonds. The van der Waals surface area contributed by atoms with Crippen molar-refractivity contribution >= 4 is 34.7 Å². The molecule has 4 rings (SSSR count). The number of halogens is 1. The fourth-order valence-electron chi connectivity index (χ4n) is 3.63. The molecule has 4 nitrogen and oxygen atoms in total. The monoisotopic (exact) mass is 430 g/mol. The summed E-state index contributed by atoms with van der Waals surface area (Å²) in [5.74, 6) is -0.692. The molecule has 5 heteroatoms. The van der Waals surface area contributed by atoms with E-state index in [4.69, 9.17) is 11.6 Å². The number of carbonyl (C=O) groups is 2. The second-order valence-electron chi connectivity index (χ2n) is 7.85. The Kier molecular flexibility index (Phi) is 5.66. The van der Waals surface area contributed by atoms with Gasteiger partial charge in [0.05, 0.1) is 12.1 Å². The number of nitrogens with zero attached hydrogens (tertiary/aromatic N) is 1. The highest BCUT2D eigenvalue weighted by Gasteiger charge is 2.39. The van der Waals surface area contributed by atoms with E-state index in [1.807, 2.05) is 81.4 Å². The third-order valence-electron chi connectivity index (χ3n) is 5.45. The third kappa shape index (κ3) is 4.12. The van der Waals surface area contributed by atoms with Gasteiger partial charge >= 0.3 is 0 Å². The molecule has 0 aromatic heterocycles. The van der Waals surface area contributed by atoms with Crippen LogP contribution in [0, 0.1) is 20.8 Å². The van der Waals surface area contributed by atoms with Gasteiger partial charge in [-0.3, -0.25) is 14.5 Å². The highest BCUT2D eigenvalue weighted by Crippen LogP contribution is 2.33. The van der Waals surface area contributed by atoms with Gasteiger partial charge in [0.25, 0.3) is 11.8 Å². The van der Waals surface area contributed by atoms with Crippen molar-refractivity contribution in [2.45, 2.75) is 27.3 Å². The molecule has 3 aromatic rings. The van der Waals surface area contributed by atoms with E-state index < -0.39 is 0 Å². The molecule has 0 bridgehead atoms. The first kappa shape index (κ1) is 20.9. The van der Waals surface area contributed by atoms with E-state index in [0.29, 0.717) is 16.2 Å². The van der Waals surface area contributed by atoms with Gasteiger partial charge in [-0.2, -0.15) is 0 Å². The smallest absolute Gasteiger partial charge is 0.278 e. The summed E-state index contributed by atoms with van der Waals surface area (Å²) in [4.78, 5) is 28.1. The standard InChI is InChI=1S/C26H23ClN2O2/c1-16-9-12-19(13-10-16)23-24(28-22-14-17(2)8-11-18(22)3)26(31)29(25(23)30)15-20-6-4-5-7-21(20)27/h4-14,28H,15H2,1-3H3. The molecule has 0 radical (unpaired) electrons. The van der Waals surface area contributed by atoms with E-state index in [-0.39, 0.29) is 24.1 Å². The van der Waals surface area contributed by atoms with Crippen LogP contribution in [0.5, 0.6) is 0 Å². The second-order valence-corrected chi connectivity index (χ2v) is 8.25. The molecule has 0 atom stereocenters. The fraction of sp³-hybridized carbons (Fsp3) is 0.154. The summed E-state index contributed by atoms with van der Waals surface area (Å²) < 4.78 is 0. The zero-order chi connectivity index (χ0) is 22.1. The van der Waals surface area contributed by atoms with E-state index in [2.05, 4.69) is 5.32 Å². The van der Waals surface area contributed by atoms with Gasteiger partial charge in [0.1, 0.15) is 5.70 Å². The van der Waals surface area contributed by atoms with Crippen LogP contribution in [0.25, 0.3) is 5.57 Å². The lowest BCUT2D eigenvalue weighted by molar-refractivity contribution is -0.137. The number of imide groups is 1. The normalized spacial score (nSPS) is 13.9. The Balaban J connectivity index is 1.78. The number of amides is 2. The first-order chi connectivity index (χ1) is 14.8. The molecule has 0 fully saturated rings. The van der Waals surface area contributed by atoms with Crippen LogP contribution in [0.1, 0.15) is 27.8 Å². The summed E-state index contributed by atoms with van der Waals surface area (Å²) in [6.45, 7) is 6.06. The van der Waals surface area contributed by atoms with Crippen molar-refractivity contribution in [2.75, 3.05) is 5.32 Å². The molecule has 31 heavy (non-hydrogen) atoms.